The first-order valence-corrected chi connectivity index (χ1v) is 17.4. The van der Waals surface area contributed by atoms with Crippen molar-refractivity contribution in [3.05, 3.63) is 90.6 Å². The van der Waals surface area contributed by atoms with Crippen LogP contribution < -0.4 is 10.6 Å². The summed E-state index contributed by atoms with van der Waals surface area (Å²) in [6.07, 6.45) is 16.7. The number of para-hydroxylation sites is 2. The lowest BCUT2D eigenvalue weighted by atomic mass is 9.81. The summed E-state index contributed by atoms with van der Waals surface area (Å²) in [5, 5.41) is 0. The molecule has 0 aromatic heterocycles. The van der Waals surface area contributed by atoms with Crippen LogP contribution >= 0.6 is 11.8 Å². The van der Waals surface area contributed by atoms with Gasteiger partial charge >= 0.3 is 0 Å². The predicted molar refractivity (Wildman–Crippen MR) is 178 cm³/mol. The van der Waals surface area contributed by atoms with Crippen LogP contribution in [-0.2, 0) is 20.3 Å². The molecule has 4 rings (SSSR count). The van der Waals surface area contributed by atoms with Gasteiger partial charge in [-0.05, 0) is 58.6 Å². The number of primary amides is 1. The second-order valence-electron chi connectivity index (χ2n) is 11.9. The maximum Gasteiger partial charge on any atom is 0.264 e. The number of rotatable bonds is 15. The molecule has 0 saturated carbocycles. The number of benzene rings is 2. The van der Waals surface area contributed by atoms with Gasteiger partial charge in [-0.25, -0.2) is 0 Å². The smallest absolute Gasteiger partial charge is 0.264 e. The Hall–Kier alpha value is -3.14. The van der Waals surface area contributed by atoms with Gasteiger partial charge in [-0.15, -0.1) is 0 Å². The number of unbranched alkanes of at least 4 members (excludes halogenated alkanes) is 2. The highest BCUT2D eigenvalue weighted by molar-refractivity contribution is 8.01. The van der Waals surface area contributed by atoms with Gasteiger partial charge in [-0.3, -0.25) is 9.35 Å². The van der Waals surface area contributed by atoms with Gasteiger partial charge in [0.25, 0.3) is 10.1 Å². The summed E-state index contributed by atoms with van der Waals surface area (Å²) in [5.74, 6) is -0.460. The normalized spacial score (nSPS) is 19.7. The lowest BCUT2D eigenvalue weighted by Gasteiger charge is -2.36. The van der Waals surface area contributed by atoms with Crippen molar-refractivity contribution < 1.29 is 22.3 Å². The minimum absolute atomic E-state index is 0.130. The zero-order valence-corrected chi connectivity index (χ0v) is 27.0. The molecule has 1 amide bonds. The summed E-state index contributed by atoms with van der Waals surface area (Å²) in [4.78, 5) is 14.6. The van der Waals surface area contributed by atoms with Crippen LogP contribution in [-0.4, -0.2) is 52.9 Å². The second-order valence-corrected chi connectivity index (χ2v) is 15.0. The molecule has 0 fully saturated rings. The van der Waals surface area contributed by atoms with E-state index >= 15 is 0 Å². The van der Waals surface area contributed by atoms with E-state index in [4.69, 9.17) is 10.3 Å². The van der Waals surface area contributed by atoms with E-state index in [-0.39, 0.29) is 21.9 Å². The molecule has 0 bridgehead atoms. The van der Waals surface area contributed by atoms with Gasteiger partial charge in [0.05, 0.1) is 21.7 Å². The molecule has 0 spiro atoms. The van der Waals surface area contributed by atoms with E-state index in [9.17, 15) is 13.2 Å². The van der Waals surface area contributed by atoms with Gasteiger partial charge in [-0.1, -0.05) is 72.5 Å². The predicted octanol–water partition coefficient (Wildman–Crippen LogP) is 6.77. The van der Waals surface area contributed by atoms with Crippen molar-refractivity contribution in [2.45, 2.75) is 74.5 Å². The van der Waals surface area contributed by atoms with Crippen molar-refractivity contribution in [2.75, 3.05) is 23.7 Å². The van der Waals surface area contributed by atoms with E-state index in [0.29, 0.717) is 19.3 Å². The summed E-state index contributed by atoms with van der Waals surface area (Å²) in [5.41, 5.74) is 10.1. The van der Waals surface area contributed by atoms with Crippen LogP contribution in [0.15, 0.2) is 89.9 Å². The molecule has 2 aliphatic rings. The number of hydrogen-bond acceptors (Lipinski definition) is 5. The number of carbonyl (C=O) groups is 1. The number of allylic oxidation sites excluding steroid dienone is 5. The van der Waals surface area contributed by atoms with Crippen molar-refractivity contribution >= 4 is 44.9 Å². The maximum atomic E-state index is 11.2. The lowest BCUT2D eigenvalue weighted by Crippen LogP contribution is -2.41. The molecule has 0 saturated heterocycles. The van der Waals surface area contributed by atoms with Gasteiger partial charge in [0.2, 0.25) is 11.6 Å². The number of nitrogens with zero attached hydrogens (tertiary/aromatic N) is 2. The third-order valence-corrected chi connectivity index (χ3v) is 10.4. The highest BCUT2D eigenvalue weighted by atomic mass is 32.2. The fourth-order valence-electron chi connectivity index (χ4n) is 5.97. The molecule has 2 aromatic rings. The van der Waals surface area contributed by atoms with E-state index in [1.165, 1.54) is 27.5 Å². The van der Waals surface area contributed by atoms with E-state index in [1.807, 2.05) is 23.9 Å². The summed E-state index contributed by atoms with van der Waals surface area (Å²) in [7, 11) is -3.94. The van der Waals surface area contributed by atoms with Crippen molar-refractivity contribution in [1.82, 2.24) is 0 Å². The van der Waals surface area contributed by atoms with Crippen LogP contribution in [0.4, 0.5) is 11.4 Å². The molecule has 43 heavy (non-hydrogen) atoms. The van der Waals surface area contributed by atoms with Crippen LogP contribution in [0, 0.1) is 0 Å². The average Bonchev–Trinajstić information content (AvgIpc) is 3.34. The number of hydrogen-bond donors (Lipinski definition) is 2. The zero-order valence-electron chi connectivity index (χ0n) is 25.4. The number of fused-ring (bicyclic) bond motifs is 2. The highest BCUT2D eigenvalue weighted by Gasteiger charge is 2.43. The van der Waals surface area contributed by atoms with Gasteiger partial charge in [0, 0.05) is 42.0 Å². The molecule has 230 valence electrons. The largest absolute Gasteiger partial charge is 0.370 e. The number of carbonyl (C=O) groups excluding carboxylic acids is 1. The SMILES string of the molecule is CC1(C)C(/C=C/C=C/C=C/CC2(C)Sc3ccccc3N2CCCCS(=O)(=O)O)=[N+](CCCCC(N)=O)c2ccccc21. The fourth-order valence-corrected chi connectivity index (χ4v) is 7.92. The van der Waals surface area contributed by atoms with Crippen LogP contribution in [0.1, 0.15) is 64.9 Å². The Kier molecular flexibility index (Phi) is 10.7. The molecule has 1 unspecified atom stereocenters. The first-order valence-electron chi connectivity index (χ1n) is 15.0. The number of anilines is 1. The van der Waals surface area contributed by atoms with Crippen LogP contribution in [0.2, 0.25) is 0 Å². The third-order valence-electron chi connectivity index (χ3n) is 8.17. The fraction of sp³-hybridized carbons (Fsp3) is 0.412. The molecule has 9 heteroatoms. The summed E-state index contributed by atoms with van der Waals surface area (Å²) >= 11 is 1.83. The Bertz CT molecular complexity index is 1540. The maximum absolute atomic E-state index is 11.2. The number of nitrogens with two attached hydrogens (primary N) is 1. The summed E-state index contributed by atoms with van der Waals surface area (Å²) in [6.45, 7) is 8.29. The highest BCUT2D eigenvalue weighted by Crippen LogP contribution is 2.51. The van der Waals surface area contributed by atoms with Crippen molar-refractivity contribution in [2.24, 2.45) is 5.73 Å². The van der Waals surface area contributed by atoms with Gasteiger partial charge in [0.15, 0.2) is 5.71 Å². The lowest BCUT2D eigenvalue weighted by molar-refractivity contribution is -0.438. The second kappa shape index (κ2) is 14.1. The van der Waals surface area contributed by atoms with Crippen LogP contribution in [0.25, 0.3) is 0 Å². The van der Waals surface area contributed by atoms with Gasteiger partial charge in [0.1, 0.15) is 6.54 Å². The molecule has 2 aliphatic heterocycles. The van der Waals surface area contributed by atoms with Crippen molar-refractivity contribution in [3.63, 3.8) is 0 Å². The Morgan fingerprint density at radius 3 is 2.47 bits per heavy atom. The van der Waals surface area contributed by atoms with E-state index in [2.05, 4.69) is 103 Å². The third kappa shape index (κ3) is 8.28. The molecule has 7 nitrogen and oxygen atoms in total. The Balaban J connectivity index is 1.41. The zero-order chi connectivity index (χ0) is 31.1. The van der Waals surface area contributed by atoms with E-state index in [0.717, 1.165) is 32.4 Å². The molecule has 2 heterocycles. The Labute approximate surface area is 261 Å². The molecule has 0 aliphatic carbocycles. The first-order chi connectivity index (χ1) is 20.4. The first kappa shape index (κ1) is 32.8. The minimum atomic E-state index is -3.94. The van der Waals surface area contributed by atoms with Crippen molar-refractivity contribution in [3.8, 4) is 0 Å². The topological polar surface area (TPSA) is 104 Å². The van der Waals surface area contributed by atoms with Crippen LogP contribution in [0.3, 0.4) is 0 Å². The summed E-state index contributed by atoms with van der Waals surface area (Å²) < 4.78 is 33.8. The van der Waals surface area contributed by atoms with Gasteiger partial charge in [-0.2, -0.15) is 13.0 Å². The Morgan fingerprint density at radius 1 is 0.977 bits per heavy atom. The monoisotopic (exact) mass is 622 g/mol. The van der Waals surface area contributed by atoms with E-state index in [1.54, 1.807) is 0 Å². The summed E-state index contributed by atoms with van der Waals surface area (Å²) in [6, 6.07) is 16.9. The standard InChI is InChI=1S/C34H43N3O4S2/c1-33(2)27-17-8-9-18-28(27)36(24-14-12-22-32(35)38)31(33)21-7-5-4-6-13-23-34(3)37(25-15-16-26-43(39,40)41)29-19-10-11-20-30(29)42-34/h4-11,13,17-21H,12,14-16,22-26H2,1-3H3,(H2-,35,38,39,40,41)/p+1/b5-4+,13-6+,21-7+. The molecule has 0 radical (unpaired) electrons. The van der Waals surface area contributed by atoms with Crippen molar-refractivity contribution in [1.29, 1.82) is 0 Å². The quantitative estimate of drug-likeness (QED) is 0.0983. The number of amides is 1. The number of thioether (sulfide) groups is 1. The Morgan fingerprint density at radius 2 is 1.70 bits per heavy atom. The average molecular weight is 623 g/mol. The molecule has 3 N–H and O–H groups in total. The molecule has 2 aromatic carbocycles. The van der Waals surface area contributed by atoms with Crippen LogP contribution in [0.5, 0.6) is 0 Å². The molecular weight excluding hydrogens is 579 g/mol. The minimum Gasteiger partial charge on any atom is -0.370 e. The molecule has 1 atom stereocenters. The van der Waals surface area contributed by atoms with Gasteiger partial charge < -0.3 is 10.6 Å². The molecular formula is C34H44N3O4S2+. The van der Waals surface area contributed by atoms with E-state index < -0.39 is 10.1 Å².